The zero-order valence-electron chi connectivity index (χ0n) is 14.5. The monoisotopic (exact) mass is 333 g/mol. The Hall–Kier alpha value is -1.69. The number of imidazole rings is 1. The van der Waals surface area contributed by atoms with Crippen LogP contribution in [0.4, 0.5) is 0 Å². The number of nitrogens with one attached hydrogen (secondary N) is 2. The van der Waals surface area contributed by atoms with E-state index in [-0.39, 0.29) is 4.75 Å². The number of aromatic nitrogens is 2. The van der Waals surface area contributed by atoms with E-state index in [9.17, 15) is 0 Å². The van der Waals surface area contributed by atoms with E-state index in [1.807, 2.05) is 36.2 Å². The summed E-state index contributed by atoms with van der Waals surface area (Å²) in [6, 6.07) is 6.04. The second kappa shape index (κ2) is 8.24. The summed E-state index contributed by atoms with van der Waals surface area (Å²) in [6.45, 7) is 8.97. The Morgan fingerprint density at radius 1 is 1.35 bits per heavy atom. The fourth-order valence-corrected chi connectivity index (χ4v) is 2.29. The van der Waals surface area contributed by atoms with E-state index >= 15 is 0 Å². The van der Waals surface area contributed by atoms with Gasteiger partial charge >= 0.3 is 0 Å². The molecule has 0 atom stereocenters. The van der Waals surface area contributed by atoms with E-state index in [0.717, 1.165) is 43.4 Å². The summed E-state index contributed by atoms with van der Waals surface area (Å²) in [5.74, 6) is 0.874. The number of thioether (sulfide) groups is 1. The minimum absolute atomic E-state index is 0.157. The molecule has 0 spiro atoms. The summed E-state index contributed by atoms with van der Waals surface area (Å²) in [5, 5.41) is 6.69. The molecule has 2 aromatic heterocycles. The summed E-state index contributed by atoms with van der Waals surface area (Å²) in [5.41, 5.74) is 2.08. The van der Waals surface area contributed by atoms with Crippen molar-refractivity contribution in [1.29, 1.82) is 0 Å². The first kappa shape index (κ1) is 17.7. The molecule has 0 aliphatic carbocycles. The molecule has 0 aliphatic heterocycles. The number of pyridine rings is 1. The summed E-state index contributed by atoms with van der Waals surface area (Å²) in [6.07, 6.45) is 7.10. The minimum atomic E-state index is 0.157. The molecule has 0 aliphatic rings. The average molecular weight is 334 g/mol. The van der Waals surface area contributed by atoms with Crippen LogP contribution in [0.25, 0.3) is 5.65 Å². The number of guanidine groups is 1. The van der Waals surface area contributed by atoms with Gasteiger partial charge in [-0.2, -0.15) is 11.8 Å². The third-order valence-corrected chi connectivity index (χ3v) is 4.84. The lowest BCUT2D eigenvalue weighted by Gasteiger charge is -2.20. The molecule has 2 aromatic rings. The quantitative estimate of drug-likeness (QED) is 0.604. The second-order valence-corrected chi connectivity index (χ2v) is 7.55. The number of nitrogens with zero attached hydrogens (tertiary/aromatic N) is 3. The highest BCUT2D eigenvalue weighted by molar-refractivity contribution is 7.99. The Morgan fingerprint density at radius 3 is 2.87 bits per heavy atom. The van der Waals surface area contributed by atoms with Crippen molar-refractivity contribution < 1.29 is 0 Å². The van der Waals surface area contributed by atoms with Gasteiger partial charge in [-0.05, 0) is 39.2 Å². The van der Waals surface area contributed by atoms with Crippen molar-refractivity contribution in [2.45, 2.75) is 31.9 Å². The lowest BCUT2D eigenvalue weighted by Crippen LogP contribution is -2.39. The SMILES string of the molecule is CCNC(=NCC(C)(C)SC)NCCc1cn2ccccc2n1. The zero-order chi connectivity index (χ0) is 16.7. The van der Waals surface area contributed by atoms with Gasteiger partial charge in [-0.15, -0.1) is 0 Å². The summed E-state index contributed by atoms with van der Waals surface area (Å²) < 4.78 is 2.21. The summed E-state index contributed by atoms with van der Waals surface area (Å²) in [4.78, 5) is 9.29. The molecule has 2 N–H and O–H groups in total. The Bertz CT molecular complexity index is 614. The summed E-state index contributed by atoms with van der Waals surface area (Å²) in [7, 11) is 0. The normalized spacial score (nSPS) is 12.6. The molecule has 6 heteroatoms. The van der Waals surface area contributed by atoms with Crippen LogP contribution in [0, 0.1) is 0 Å². The van der Waals surface area contributed by atoms with Gasteiger partial charge in [0.15, 0.2) is 5.96 Å². The van der Waals surface area contributed by atoms with E-state index in [2.05, 4.69) is 58.2 Å². The highest BCUT2D eigenvalue weighted by Gasteiger charge is 2.15. The van der Waals surface area contributed by atoms with Gasteiger partial charge in [0.1, 0.15) is 5.65 Å². The third-order valence-electron chi connectivity index (χ3n) is 3.60. The van der Waals surface area contributed by atoms with Crippen molar-refractivity contribution in [3.05, 3.63) is 36.3 Å². The van der Waals surface area contributed by atoms with Crippen molar-refractivity contribution >= 4 is 23.4 Å². The molecule has 0 bridgehead atoms. The Balaban J connectivity index is 1.89. The molecule has 0 amide bonds. The molecule has 0 fully saturated rings. The molecular weight excluding hydrogens is 306 g/mol. The van der Waals surface area contributed by atoms with Gasteiger partial charge in [0, 0.05) is 36.7 Å². The van der Waals surface area contributed by atoms with Crippen LogP contribution in [-0.4, -0.2) is 46.0 Å². The van der Waals surface area contributed by atoms with E-state index in [1.54, 1.807) is 0 Å². The maximum atomic E-state index is 4.68. The molecule has 0 saturated carbocycles. The summed E-state index contributed by atoms with van der Waals surface area (Å²) >= 11 is 1.83. The molecule has 5 nitrogen and oxygen atoms in total. The molecule has 0 unspecified atom stereocenters. The standard InChI is InChI=1S/C17H27N5S/c1-5-18-16(20-13-17(2,3)23-4)19-10-9-14-12-22-11-7-6-8-15(22)21-14/h6-8,11-12H,5,9-10,13H2,1-4H3,(H2,18,19,20). The van der Waals surface area contributed by atoms with E-state index in [0.29, 0.717) is 0 Å². The van der Waals surface area contributed by atoms with Crippen molar-refractivity contribution in [2.75, 3.05) is 25.9 Å². The predicted molar refractivity (Wildman–Crippen MR) is 100 cm³/mol. The maximum Gasteiger partial charge on any atom is 0.191 e. The van der Waals surface area contributed by atoms with Crippen LogP contribution in [0.5, 0.6) is 0 Å². The number of rotatable bonds is 7. The third kappa shape index (κ3) is 5.46. The zero-order valence-corrected chi connectivity index (χ0v) is 15.3. The van der Waals surface area contributed by atoms with Crippen molar-refractivity contribution in [3.63, 3.8) is 0 Å². The predicted octanol–water partition coefficient (Wildman–Crippen LogP) is 2.57. The van der Waals surface area contributed by atoms with Crippen LogP contribution in [-0.2, 0) is 6.42 Å². The largest absolute Gasteiger partial charge is 0.357 e. The van der Waals surface area contributed by atoms with Gasteiger partial charge < -0.3 is 15.0 Å². The van der Waals surface area contributed by atoms with E-state index < -0.39 is 0 Å². The Kier molecular flexibility index (Phi) is 6.33. The van der Waals surface area contributed by atoms with Crippen LogP contribution < -0.4 is 10.6 Å². The first-order valence-electron chi connectivity index (χ1n) is 8.04. The number of aliphatic imine (C=N–C) groups is 1. The molecule has 2 rings (SSSR count). The van der Waals surface area contributed by atoms with Crippen molar-refractivity contribution in [3.8, 4) is 0 Å². The van der Waals surface area contributed by atoms with Crippen LogP contribution in [0.1, 0.15) is 26.5 Å². The molecular formula is C17H27N5S. The van der Waals surface area contributed by atoms with Gasteiger partial charge in [-0.3, -0.25) is 4.99 Å². The van der Waals surface area contributed by atoms with E-state index in [1.165, 1.54) is 0 Å². The van der Waals surface area contributed by atoms with Gasteiger partial charge in [0.2, 0.25) is 0 Å². The smallest absolute Gasteiger partial charge is 0.191 e. The van der Waals surface area contributed by atoms with Crippen molar-refractivity contribution in [1.82, 2.24) is 20.0 Å². The fourth-order valence-electron chi connectivity index (χ4n) is 2.09. The van der Waals surface area contributed by atoms with Crippen LogP contribution in [0.15, 0.2) is 35.6 Å². The molecule has 23 heavy (non-hydrogen) atoms. The minimum Gasteiger partial charge on any atom is -0.357 e. The van der Waals surface area contributed by atoms with Gasteiger partial charge in [-0.25, -0.2) is 4.98 Å². The molecule has 126 valence electrons. The first-order chi connectivity index (χ1) is 11.0. The lowest BCUT2D eigenvalue weighted by molar-refractivity contribution is 0.709. The maximum absolute atomic E-state index is 4.68. The van der Waals surface area contributed by atoms with Crippen LogP contribution in [0.2, 0.25) is 0 Å². The van der Waals surface area contributed by atoms with E-state index in [4.69, 9.17) is 0 Å². The number of hydrogen-bond donors (Lipinski definition) is 2. The van der Waals surface area contributed by atoms with Gasteiger partial charge in [-0.1, -0.05) is 6.07 Å². The Morgan fingerprint density at radius 2 is 2.17 bits per heavy atom. The molecule has 0 aromatic carbocycles. The highest BCUT2D eigenvalue weighted by Crippen LogP contribution is 2.20. The van der Waals surface area contributed by atoms with Gasteiger partial charge in [0.05, 0.1) is 12.2 Å². The second-order valence-electron chi connectivity index (χ2n) is 6.03. The molecule has 0 radical (unpaired) electrons. The first-order valence-corrected chi connectivity index (χ1v) is 9.26. The fraction of sp³-hybridized carbons (Fsp3) is 0.529. The molecule has 2 heterocycles. The number of fused-ring (bicyclic) bond motifs is 1. The Labute approximate surface area is 143 Å². The average Bonchev–Trinajstić information content (AvgIpc) is 2.95. The molecule has 0 saturated heterocycles. The van der Waals surface area contributed by atoms with Gasteiger partial charge in [0.25, 0.3) is 0 Å². The number of hydrogen-bond acceptors (Lipinski definition) is 3. The topological polar surface area (TPSA) is 53.7 Å². The van der Waals surface area contributed by atoms with Crippen LogP contribution >= 0.6 is 11.8 Å². The van der Waals surface area contributed by atoms with Crippen molar-refractivity contribution in [2.24, 2.45) is 4.99 Å². The van der Waals surface area contributed by atoms with Crippen LogP contribution in [0.3, 0.4) is 0 Å². The highest BCUT2D eigenvalue weighted by atomic mass is 32.2. The lowest BCUT2D eigenvalue weighted by atomic mass is 10.2.